The Hall–Kier alpha value is -3.30. The van der Waals surface area contributed by atoms with Gasteiger partial charge >= 0.3 is 0 Å². The van der Waals surface area contributed by atoms with Crippen LogP contribution in [0.1, 0.15) is 10.4 Å². The molecular formula is C21H26N6O3. The molecule has 0 bridgehead atoms. The van der Waals surface area contributed by atoms with Crippen LogP contribution >= 0.6 is 0 Å². The zero-order valence-corrected chi connectivity index (χ0v) is 16.8. The zero-order chi connectivity index (χ0) is 21.2. The van der Waals surface area contributed by atoms with E-state index < -0.39 is 0 Å². The van der Waals surface area contributed by atoms with Gasteiger partial charge in [-0.15, -0.1) is 0 Å². The van der Waals surface area contributed by atoms with Crippen LogP contribution in [0.2, 0.25) is 0 Å². The molecule has 0 saturated carbocycles. The van der Waals surface area contributed by atoms with Crippen LogP contribution in [-0.2, 0) is 9.53 Å². The van der Waals surface area contributed by atoms with Crippen LogP contribution in [0.4, 0.5) is 11.4 Å². The van der Waals surface area contributed by atoms with E-state index in [0.29, 0.717) is 23.5 Å². The highest BCUT2D eigenvalue weighted by Gasteiger charge is 2.15. The molecule has 30 heavy (non-hydrogen) atoms. The zero-order valence-electron chi connectivity index (χ0n) is 16.8. The first-order valence-corrected chi connectivity index (χ1v) is 9.79. The van der Waals surface area contributed by atoms with Crippen molar-refractivity contribution < 1.29 is 14.3 Å². The van der Waals surface area contributed by atoms with Crippen LogP contribution in [0.25, 0.3) is 0 Å². The average molecular weight is 410 g/mol. The number of nitrogens with one attached hydrogen (secondary N) is 2. The van der Waals surface area contributed by atoms with Crippen LogP contribution < -0.4 is 15.6 Å². The van der Waals surface area contributed by atoms with E-state index in [4.69, 9.17) is 4.74 Å². The third-order valence-electron chi connectivity index (χ3n) is 4.67. The lowest BCUT2D eigenvalue weighted by atomic mass is 10.2. The van der Waals surface area contributed by atoms with Gasteiger partial charge in [0.05, 0.1) is 25.4 Å². The van der Waals surface area contributed by atoms with Crippen LogP contribution in [0.15, 0.2) is 53.9 Å². The number of rotatable bonds is 9. The maximum Gasteiger partial charge on any atom is 0.266 e. The standard InChI is InChI=1S/C21H26N6O3/c1-22-27(19-5-7-23-8-6-19)20(28)16-25-18-4-2-3-17(15-18)21(29)24-9-10-26-11-13-30-14-12-26/h2-8,15,25H,1,9-14,16H2,(H,24,29). The predicted octanol–water partition coefficient (Wildman–Crippen LogP) is 1.20. The molecule has 2 aromatic rings. The van der Waals surface area contributed by atoms with Gasteiger partial charge in [-0.05, 0) is 30.3 Å². The number of amides is 2. The number of benzene rings is 1. The van der Waals surface area contributed by atoms with E-state index in [9.17, 15) is 9.59 Å². The van der Waals surface area contributed by atoms with Gasteiger partial charge in [-0.2, -0.15) is 10.1 Å². The van der Waals surface area contributed by atoms with Gasteiger partial charge in [-0.25, -0.2) is 0 Å². The second-order valence-corrected chi connectivity index (χ2v) is 6.70. The highest BCUT2D eigenvalue weighted by Crippen LogP contribution is 2.14. The van der Waals surface area contributed by atoms with Crippen molar-refractivity contribution in [1.82, 2.24) is 15.2 Å². The van der Waals surface area contributed by atoms with Gasteiger partial charge in [0.15, 0.2) is 0 Å². The Morgan fingerprint density at radius 3 is 2.70 bits per heavy atom. The summed E-state index contributed by atoms with van der Waals surface area (Å²) in [5.74, 6) is -0.430. The van der Waals surface area contributed by atoms with E-state index in [1.54, 1.807) is 48.8 Å². The van der Waals surface area contributed by atoms with Gasteiger partial charge in [0.1, 0.15) is 0 Å². The Bertz CT molecular complexity index is 855. The fourth-order valence-electron chi connectivity index (χ4n) is 3.07. The summed E-state index contributed by atoms with van der Waals surface area (Å²) >= 11 is 0. The van der Waals surface area contributed by atoms with Gasteiger partial charge in [-0.1, -0.05) is 6.07 Å². The summed E-state index contributed by atoms with van der Waals surface area (Å²) in [6.07, 6.45) is 3.16. The van der Waals surface area contributed by atoms with Gasteiger partial charge in [0, 0.05) is 56.5 Å². The molecule has 1 fully saturated rings. The lowest BCUT2D eigenvalue weighted by molar-refractivity contribution is -0.117. The fourth-order valence-corrected chi connectivity index (χ4v) is 3.07. The highest BCUT2D eigenvalue weighted by atomic mass is 16.5. The molecule has 1 aromatic carbocycles. The Morgan fingerprint density at radius 2 is 1.97 bits per heavy atom. The molecule has 1 aliphatic heterocycles. The number of hydrogen-bond acceptors (Lipinski definition) is 7. The van der Waals surface area contributed by atoms with Crippen molar-refractivity contribution in [2.75, 3.05) is 56.3 Å². The molecule has 0 atom stereocenters. The number of anilines is 2. The summed E-state index contributed by atoms with van der Waals surface area (Å²) in [5.41, 5.74) is 1.78. The molecule has 1 aromatic heterocycles. The van der Waals surface area contributed by atoms with Gasteiger partial charge in [0.25, 0.3) is 11.8 Å². The van der Waals surface area contributed by atoms with Crippen molar-refractivity contribution in [2.45, 2.75) is 0 Å². The molecule has 0 aliphatic carbocycles. The van der Waals surface area contributed by atoms with E-state index in [2.05, 4.69) is 32.3 Å². The normalized spacial score (nSPS) is 14.0. The first-order valence-electron chi connectivity index (χ1n) is 9.79. The summed E-state index contributed by atoms with van der Waals surface area (Å²) in [4.78, 5) is 31.1. The summed E-state index contributed by atoms with van der Waals surface area (Å²) in [6, 6.07) is 10.4. The SMILES string of the molecule is C=NN(C(=O)CNc1cccc(C(=O)NCCN2CCOCC2)c1)c1ccncc1. The Kier molecular flexibility index (Phi) is 7.87. The van der Waals surface area contributed by atoms with Gasteiger partial charge < -0.3 is 15.4 Å². The van der Waals surface area contributed by atoms with Gasteiger partial charge in [-0.3, -0.25) is 19.5 Å². The topological polar surface area (TPSA) is 99.2 Å². The molecular weight excluding hydrogens is 384 g/mol. The van der Waals surface area contributed by atoms with E-state index in [1.807, 2.05) is 0 Å². The van der Waals surface area contributed by atoms with Crippen molar-refractivity contribution in [1.29, 1.82) is 0 Å². The second-order valence-electron chi connectivity index (χ2n) is 6.70. The first kappa shape index (κ1) is 21.4. The third kappa shape index (κ3) is 6.10. The number of carbonyl (C=O) groups excluding carboxylic acids is 2. The molecule has 2 N–H and O–H groups in total. The first-order chi connectivity index (χ1) is 14.7. The van der Waals surface area contributed by atoms with Crippen LogP contribution in [0.5, 0.6) is 0 Å². The fraction of sp³-hybridized carbons (Fsp3) is 0.333. The molecule has 2 amide bonds. The summed E-state index contributed by atoms with van der Waals surface area (Å²) in [5, 5.41) is 11.0. The monoisotopic (exact) mass is 410 g/mol. The Morgan fingerprint density at radius 1 is 1.20 bits per heavy atom. The minimum atomic E-state index is -0.281. The minimum absolute atomic E-state index is 0.00342. The maximum absolute atomic E-state index is 12.5. The summed E-state index contributed by atoms with van der Waals surface area (Å²) in [6.45, 7) is 8.07. The second kappa shape index (κ2) is 11.0. The lowest BCUT2D eigenvalue weighted by Gasteiger charge is -2.26. The highest BCUT2D eigenvalue weighted by molar-refractivity contribution is 5.97. The minimum Gasteiger partial charge on any atom is -0.379 e. The number of morpholine rings is 1. The molecule has 2 heterocycles. The average Bonchev–Trinajstić information content (AvgIpc) is 2.80. The Balaban J connectivity index is 1.50. The largest absolute Gasteiger partial charge is 0.379 e. The number of ether oxygens (including phenoxy) is 1. The molecule has 0 spiro atoms. The molecule has 1 saturated heterocycles. The van der Waals surface area contributed by atoms with Crippen LogP contribution in [-0.4, -0.2) is 74.4 Å². The van der Waals surface area contributed by atoms with E-state index in [0.717, 1.165) is 32.8 Å². The Labute approximate surface area is 175 Å². The molecule has 9 heteroatoms. The number of hydrogen-bond donors (Lipinski definition) is 2. The predicted molar refractivity (Wildman–Crippen MR) is 116 cm³/mol. The third-order valence-corrected chi connectivity index (χ3v) is 4.67. The van der Waals surface area contributed by atoms with E-state index >= 15 is 0 Å². The molecule has 0 unspecified atom stereocenters. The number of pyridine rings is 1. The van der Waals surface area contributed by atoms with E-state index in [-0.39, 0.29) is 18.4 Å². The molecule has 158 valence electrons. The lowest BCUT2D eigenvalue weighted by Crippen LogP contribution is -2.41. The number of carbonyl (C=O) groups is 2. The van der Waals surface area contributed by atoms with Crippen molar-refractivity contribution in [3.63, 3.8) is 0 Å². The quantitative estimate of drug-likeness (QED) is 0.476. The molecule has 3 rings (SSSR count). The van der Waals surface area contributed by atoms with E-state index in [1.165, 1.54) is 5.01 Å². The maximum atomic E-state index is 12.5. The smallest absolute Gasteiger partial charge is 0.266 e. The summed E-state index contributed by atoms with van der Waals surface area (Å²) in [7, 11) is 0. The number of hydrazone groups is 1. The number of nitrogens with zero attached hydrogens (tertiary/aromatic N) is 4. The molecule has 9 nitrogen and oxygen atoms in total. The number of aromatic nitrogens is 1. The van der Waals surface area contributed by atoms with Crippen molar-refractivity contribution >= 4 is 29.9 Å². The summed E-state index contributed by atoms with van der Waals surface area (Å²) < 4.78 is 5.32. The van der Waals surface area contributed by atoms with Crippen molar-refractivity contribution in [2.24, 2.45) is 5.10 Å². The van der Waals surface area contributed by atoms with Gasteiger partial charge in [0.2, 0.25) is 0 Å². The molecule has 1 aliphatic rings. The molecule has 0 radical (unpaired) electrons. The van der Waals surface area contributed by atoms with Crippen LogP contribution in [0.3, 0.4) is 0 Å². The van der Waals surface area contributed by atoms with Crippen molar-refractivity contribution in [3.05, 3.63) is 54.4 Å². The van der Waals surface area contributed by atoms with Crippen molar-refractivity contribution in [3.8, 4) is 0 Å². The van der Waals surface area contributed by atoms with Crippen LogP contribution in [0, 0.1) is 0 Å².